The van der Waals surface area contributed by atoms with Crippen LogP contribution in [0.25, 0.3) is 0 Å². The summed E-state index contributed by atoms with van der Waals surface area (Å²) >= 11 is 0. The second-order valence-corrected chi connectivity index (χ2v) is 6.02. The maximum atomic E-state index is 12.7. The number of carbonyl (C=O) groups excluding carboxylic acids is 2. The smallest absolute Gasteiger partial charge is 0.378 e. The van der Waals surface area contributed by atoms with E-state index in [2.05, 4.69) is 5.32 Å². The van der Waals surface area contributed by atoms with Crippen LogP contribution in [0.15, 0.2) is 24.3 Å². The van der Waals surface area contributed by atoms with E-state index >= 15 is 0 Å². The highest BCUT2D eigenvalue weighted by atomic mass is 19.4. The highest BCUT2D eigenvalue weighted by Gasteiger charge is 2.58. The Morgan fingerprint density at radius 1 is 1.17 bits per heavy atom. The number of hydrogen-bond donors (Lipinski definition) is 1. The Kier molecular flexibility index (Phi) is 4.25. The minimum Gasteiger partial charge on any atom is -0.378 e. The number of hydrogen-bond acceptors (Lipinski definition) is 3. The van der Waals surface area contributed by atoms with Gasteiger partial charge in [-0.15, -0.1) is 0 Å². The quantitative estimate of drug-likeness (QED) is 0.858. The summed E-state index contributed by atoms with van der Waals surface area (Å²) in [6.07, 6.45) is -3.66. The van der Waals surface area contributed by atoms with Gasteiger partial charge in [0.2, 0.25) is 11.8 Å². The molecule has 0 bridgehead atoms. The number of morpholine rings is 1. The minimum atomic E-state index is -4.48. The molecular formula is C16H17F3N2O3. The molecule has 1 saturated carbocycles. The first-order valence-electron chi connectivity index (χ1n) is 7.69. The molecule has 3 rings (SSSR count). The summed E-state index contributed by atoms with van der Waals surface area (Å²) in [5.74, 6) is -0.811. The predicted octanol–water partition coefficient (Wildman–Crippen LogP) is 2.28. The summed E-state index contributed by atoms with van der Waals surface area (Å²) < 4.78 is 43.4. The van der Waals surface area contributed by atoms with Gasteiger partial charge in [0.1, 0.15) is 5.41 Å². The van der Waals surface area contributed by atoms with E-state index in [0.717, 1.165) is 12.1 Å². The van der Waals surface area contributed by atoms with Crippen molar-refractivity contribution in [2.75, 3.05) is 31.6 Å². The Hall–Kier alpha value is -2.09. The molecule has 2 aliphatic rings. The van der Waals surface area contributed by atoms with Crippen LogP contribution in [-0.4, -0.2) is 43.0 Å². The fraction of sp³-hybridized carbons (Fsp3) is 0.500. The maximum Gasteiger partial charge on any atom is 0.416 e. The van der Waals surface area contributed by atoms with E-state index in [9.17, 15) is 22.8 Å². The van der Waals surface area contributed by atoms with Gasteiger partial charge in [-0.25, -0.2) is 0 Å². The molecule has 0 spiro atoms. The van der Waals surface area contributed by atoms with Crippen molar-refractivity contribution in [3.63, 3.8) is 0 Å². The van der Waals surface area contributed by atoms with Gasteiger partial charge < -0.3 is 15.0 Å². The van der Waals surface area contributed by atoms with E-state index in [4.69, 9.17) is 4.74 Å². The normalized spacial score (nSPS) is 19.7. The Morgan fingerprint density at radius 2 is 1.83 bits per heavy atom. The van der Waals surface area contributed by atoms with Crippen LogP contribution in [0.2, 0.25) is 0 Å². The van der Waals surface area contributed by atoms with E-state index in [0.29, 0.717) is 39.1 Å². The first-order chi connectivity index (χ1) is 11.3. The number of benzene rings is 1. The number of halogens is 3. The Balaban J connectivity index is 1.71. The van der Waals surface area contributed by atoms with Gasteiger partial charge in [-0.05, 0) is 31.0 Å². The summed E-state index contributed by atoms with van der Waals surface area (Å²) in [5, 5.41) is 2.46. The van der Waals surface area contributed by atoms with Crippen molar-refractivity contribution < 1.29 is 27.5 Å². The van der Waals surface area contributed by atoms with Crippen LogP contribution in [0.4, 0.5) is 18.9 Å². The van der Waals surface area contributed by atoms with Gasteiger partial charge in [0, 0.05) is 18.8 Å². The van der Waals surface area contributed by atoms with Gasteiger partial charge >= 0.3 is 6.18 Å². The summed E-state index contributed by atoms with van der Waals surface area (Å²) in [7, 11) is 0. The number of rotatable bonds is 3. The van der Waals surface area contributed by atoms with Crippen LogP contribution in [0.3, 0.4) is 0 Å². The van der Waals surface area contributed by atoms with Crippen LogP contribution >= 0.6 is 0 Å². The van der Waals surface area contributed by atoms with E-state index in [-0.39, 0.29) is 11.6 Å². The summed E-state index contributed by atoms with van der Waals surface area (Å²) in [6, 6.07) is 4.40. The predicted molar refractivity (Wildman–Crippen MR) is 79.1 cm³/mol. The van der Waals surface area contributed by atoms with Crippen molar-refractivity contribution in [2.45, 2.75) is 19.0 Å². The van der Waals surface area contributed by atoms with Crippen molar-refractivity contribution in [3.05, 3.63) is 29.8 Å². The Bertz CT molecular complexity index is 650. The molecule has 1 aromatic rings. The number of carbonyl (C=O) groups is 2. The number of alkyl halides is 3. The lowest BCUT2D eigenvalue weighted by Crippen LogP contribution is -2.47. The maximum absolute atomic E-state index is 12.7. The van der Waals surface area contributed by atoms with Crippen LogP contribution in [0, 0.1) is 5.41 Å². The van der Waals surface area contributed by atoms with E-state index in [1.807, 2.05) is 0 Å². The summed E-state index contributed by atoms with van der Waals surface area (Å²) in [6.45, 7) is 1.71. The van der Waals surface area contributed by atoms with Gasteiger partial charge in [0.25, 0.3) is 0 Å². The van der Waals surface area contributed by atoms with Crippen molar-refractivity contribution in [3.8, 4) is 0 Å². The molecule has 8 heteroatoms. The molecular weight excluding hydrogens is 325 g/mol. The largest absolute Gasteiger partial charge is 0.416 e. The molecule has 24 heavy (non-hydrogen) atoms. The summed E-state index contributed by atoms with van der Waals surface area (Å²) in [5.41, 5.74) is -1.95. The molecule has 1 saturated heterocycles. The monoisotopic (exact) mass is 342 g/mol. The van der Waals surface area contributed by atoms with E-state index in [1.54, 1.807) is 4.90 Å². The fourth-order valence-corrected chi connectivity index (χ4v) is 2.76. The molecule has 1 aliphatic heterocycles. The SMILES string of the molecule is O=C(Nc1cccc(C(F)(F)F)c1)C1(C(=O)N2CCOCC2)CC1. The van der Waals surface area contributed by atoms with Crippen LogP contribution in [0.1, 0.15) is 18.4 Å². The molecule has 1 heterocycles. The molecule has 1 aliphatic carbocycles. The molecule has 0 radical (unpaired) electrons. The zero-order valence-electron chi connectivity index (χ0n) is 12.9. The number of nitrogens with zero attached hydrogens (tertiary/aromatic N) is 1. The summed E-state index contributed by atoms with van der Waals surface area (Å²) in [4.78, 5) is 26.6. The molecule has 1 N–H and O–H groups in total. The lowest BCUT2D eigenvalue weighted by atomic mass is 10.0. The standard InChI is InChI=1S/C16H17F3N2O3/c17-16(18,19)11-2-1-3-12(10-11)20-13(22)15(4-5-15)14(23)21-6-8-24-9-7-21/h1-3,10H,4-9H2,(H,20,22). The van der Waals surface area contributed by atoms with Gasteiger partial charge in [-0.3, -0.25) is 9.59 Å². The fourth-order valence-electron chi connectivity index (χ4n) is 2.76. The van der Waals surface area contributed by atoms with Crippen molar-refractivity contribution in [2.24, 2.45) is 5.41 Å². The zero-order valence-corrected chi connectivity index (χ0v) is 12.9. The van der Waals surface area contributed by atoms with Gasteiger partial charge in [0.05, 0.1) is 18.8 Å². The lowest BCUT2D eigenvalue weighted by Gasteiger charge is -2.30. The lowest BCUT2D eigenvalue weighted by molar-refractivity contribution is -0.145. The Morgan fingerprint density at radius 3 is 2.42 bits per heavy atom. The number of anilines is 1. The highest BCUT2D eigenvalue weighted by Crippen LogP contribution is 2.48. The molecule has 0 atom stereocenters. The van der Waals surface area contributed by atoms with Crippen LogP contribution in [0.5, 0.6) is 0 Å². The molecule has 2 fully saturated rings. The molecule has 130 valence electrons. The minimum absolute atomic E-state index is 0.0378. The van der Waals surface area contributed by atoms with Crippen molar-refractivity contribution in [1.29, 1.82) is 0 Å². The third-order valence-electron chi connectivity index (χ3n) is 4.34. The number of nitrogens with one attached hydrogen (secondary N) is 1. The zero-order chi connectivity index (χ0) is 17.4. The van der Waals surface area contributed by atoms with E-state index < -0.39 is 23.1 Å². The Labute approximate surface area is 136 Å². The van der Waals surface area contributed by atoms with Gasteiger partial charge in [-0.2, -0.15) is 13.2 Å². The van der Waals surface area contributed by atoms with Crippen molar-refractivity contribution in [1.82, 2.24) is 4.90 Å². The molecule has 0 unspecified atom stereocenters. The molecule has 1 aromatic carbocycles. The molecule has 2 amide bonds. The average molecular weight is 342 g/mol. The van der Waals surface area contributed by atoms with Gasteiger partial charge in [-0.1, -0.05) is 6.07 Å². The number of ether oxygens (including phenoxy) is 1. The highest BCUT2D eigenvalue weighted by molar-refractivity contribution is 6.13. The third kappa shape index (κ3) is 3.24. The van der Waals surface area contributed by atoms with E-state index in [1.165, 1.54) is 12.1 Å². The average Bonchev–Trinajstić information content (AvgIpc) is 3.36. The molecule has 0 aromatic heterocycles. The topological polar surface area (TPSA) is 58.6 Å². The second-order valence-electron chi connectivity index (χ2n) is 6.02. The third-order valence-corrected chi connectivity index (χ3v) is 4.34. The molecule has 5 nitrogen and oxygen atoms in total. The van der Waals surface area contributed by atoms with Crippen molar-refractivity contribution >= 4 is 17.5 Å². The number of amides is 2. The first-order valence-corrected chi connectivity index (χ1v) is 7.69. The first kappa shape index (κ1) is 16.8. The van der Waals surface area contributed by atoms with Gasteiger partial charge in [0.15, 0.2) is 0 Å². The van der Waals surface area contributed by atoms with Crippen LogP contribution < -0.4 is 5.32 Å². The van der Waals surface area contributed by atoms with Crippen LogP contribution in [-0.2, 0) is 20.5 Å². The second kappa shape index (κ2) is 6.08.